The molecular formula is C15H19ClN6. The van der Waals surface area contributed by atoms with Gasteiger partial charge in [0.05, 0.1) is 5.02 Å². The molecule has 6 nitrogen and oxygen atoms in total. The van der Waals surface area contributed by atoms with Crippen LogP contribution in [0.1, 0.15) is 6.92 Å². The van der Waals surface area contributed by atoms with E-state index in [1.807, 2.05) is 25.1 Å². The van der Waals surface area contributed by atoms with E-state index in [0.29, 0.717) is 11.0 Å². The van der Waals surface area contributed by atoms with Gasteiger partial charge in [-0.3, -0.25) is 0 Å². The summed E-state index contributed by atoms with van der Waals surface area (Å²) in [6.45, 7) is 6.50. The van der Waals surface area contributed by atoms with Gasteiger partial charge in [0, 0.05) is 45.1 Å². The normalized spacial score (nSPS) is 15.0. The van der Waals surface area contributed by atoms with Gasteiger partial charge in [-0.15, -0.1) is 0 Å². The Morgan fingerprint density at radius 1 is 1.05 bits per heavy atom. The van der Waals surface area contributed by atoms with Gasteiger partial charge in [0.15, 0.2) is 0 Å². The first-order chi connectivity index (χ1) is 10.8. The molecule has 1 saturated heterocycles. The second-order valence-electron chi connectivity index (χ2n) is 5.08. The molecule has 22 heavy (non-hydrogen) atoms. The molecule has 0 amide bonds. The minimum Gasteiger partial charge on any atom is -0.354 e. The Morgan fingerprint density at radius 3 is 2.41 bits per heavy atom. The molecule has 0 aliphatic carbocycles. The Labute approximate surface area is 135 Å². The highest BCUT2D eigenvalue weighted by molar-refractivity contribution is 6.30. The highest BCUT2D eigenvalue weighted by Crippen LogP contribution is 2.19. The van der Waals surface area contributed by atoms with Crippen LogP contribution in [0.3, 0.4) is 0 Å². The summed E-state index contributed by atoms with van der Waals surface area (Å²) in [5.41, 5.74) is 0. The first-order valence-electron chi connectivity index (χ1n) is 7.44. The Morgan fingerprint density at radius 2 is 1.77 bits per heavy atom. The average Bonchev–Trinajstić information content (AvgIpc) is 2.56. The molecule has 7 heteroatoms. The molecule has 1 fully saturated rings. The fourth-order valence-electron chi connectivity index (χ4n) is 2.49. The van der Waals surface area contributed by atoms with Crippen molar-refractivity contribution in [2.75, 3.05) is 47.8 Å². The van der Waals surface area contributed by atoms with Crippen LogP contribution in [-0.4, -0.2) is 47.7 Å². The molecule has 0 unspecified atom stereocenters. The number of halogens is 1. The van der Waals surface area contributed by atoms with Crippen molar-refractivity contribution in [1.82, 2.24) is 15.0 Å². The predicted octanol–water partition coefficient (Wildman–Crippen LogP) is 2.28. The van der Waals surface area contributed by atoms with E-state index in [1.165, 1.54) is 0 Å². The minimum atomic E-state index is 0.666. The van der Waals surface area contributed by atoms with Crippen molar-refractivity contribution in [2.45, 2.75) is 6.92 Å². The zero-order valence-electron chi connectivity index (χ0n) is 12.5. The second kappa shape index (κ2) is 6.79. The van der Waals surface area contributed by atoms with Gasteiger partial charge in [-0.1, -0.05) is 11.6 Å². The number of nitrogens with one attached hydrogen (secondary N) is 1. The number of aromatic nitrogens is 3. The van der Waals surface area contributed by atoms with E-state index in [-0.39, 0.29) is 0 Å². The van der Waals surface area contributed by atoms with Gasteiger partial charge in [-0.2, -0.15) is 4.98 Å². The SMILES string of the molecule is CCNc1nccc(N2CCN(c3ccc(Cl)cn3)CC2)n1. The third-order valence-electron chi connectivity index (χ3n) is 3.62. The summed E-state index contributed by atoms with van der Waals surface area (Å²) in [6, 6.07) is 5.80. The molecule has 0 spiro atoms. The maximum absolute atomic E-state index is 5.88. The quantitative estimate of drug-likeness (QED) is 0.933. The number of anilines is 3. The molecule has 0 aromatic carbocycles. The van der Waals surface area contributed by atoms with Crippen molar-refractivity contribution in [2.24, 2.45) is 0 Å². The smallest absolute Gasteiger partial charge is 0.224 e. The first kappa shape index (κ1) is 14.8. The van der Waals surface area contributed by atoms with Crippen molar-refractivity contribution in [3.8, 4) is 0 Å². The van der Waals surface area contributed by atoms with Crippen LogP contribution in [0.25, 0.3) is 0 Å². The summed E-state index contributed by atoms with van der Waals surface area (Å²) >= 11 is 5.88. The summed E-state index contributed by atoms with van der Waals surface area (Å²) in [5.74, 6) is 2.62. The summed E-state index contributed by atoms with van der Waals surface area (Å²) in [4.78, 5) is 17.7. The zero-order valence-corrected chi connectivity index (χ0v) is 13.3. The lowest BCUT2D eigenvalue weighted by atomic mass is 10.3. The third kappa shape index (κ3) is 3.39. The van der Waals surface area contributed by atoms with Crippen LogP contribution >= 0.6 is 11.6 Å². The molecule has 1 aliphatic heterocycles. The molecule has 0 radical (unpaired) electrons. The van der Waals surface area contributed by atoms with Crippen LogP contribution < -0.4 is 15.1 Å². The predicted molar refractivity (Wildman–Crippen MR) is 89.9 cm³/mol. The molecule has 3 heterocycles. The summed E-state index contributed by atoms with van der Waals surface area (Å²) in [5, 5.41) is 3.81. The Bertz CT molecular complexity index is 610. The average molecular weight is 319 g/mol. The van der Waals surface area contributed by atoms with Crippen molar-refractivity contribution in [3.63, 3.8) is 0 Å². The highest BCUT2D eigenvalue weighted by atomic mass is 35.5. The highest BCUT2D eigenvalue weighted by Gasteiger charge is 2.19. The van der Waals surface area contributed by atoms with Crippen LogP contribution in [0, 0.1) is 0 Å². The molecule has 3 rings (SSSR count). The lowest BCUT2D eigenvalue weighted by Gasteiger charge is -2.36. The molecule has 2 aromatic rings. The van der Waals surface area contributed by atoms with Crippen molar-refractivity contribution < 1.29 is 0 Å². The molecule has 0 bridgehead atoms. The van der Waals surface area contributed by atoms with Gasteiger partial charge in [0.2, 0.25) is 5.95 Å². The zero-order chi connectivity index (χ0) is 15.4. The second-order valence-corrected chi connectivity index (χ2v) is 5.51. The maximum Gasteiger partial charge on any atom is 0.224 e. The molecule has 0 atom stereocenters. The van der Waals surface area contributed by atoms with Gasteiger partial charge in [0.1, 0.15) is 11.6 Å². The van der Waals surface area contributed by atoms with Gasteiger partial charge < -0.3 is 15.1 Å². The molecule has 116 valence electrons. The van der Waals surface area contributed by atoms with Gasteiger partial charge in [-0.25, -0.2) is 9.97 Å². The van der Waals surface area contributed by atoms with E-state index >= 15 is 0 Å². The lowest BCUT2D eigenvalue weighted by Crippen LogP contribution is -2.47. The number of piperazine rings is 1. The van der Waals surface area contributed by atoms with Gasteiger partial charge in [-0.05, 0) is 25.1 Å². The van der Waals surface area contributed by atoms with Crippen LogP contribution in [0.4, 0.5) is 17.6 Å². The molecule has 1 aliphatic rings. The number of pyridine rings is 1. The van der Waals surface area contributed by atoms with Crippen molar-refractivity contribution in [3.05, 3.63) is 35.6 Å². The molecule has 2 aromatic heterocycles. The molecule has 1 N–H and O–H groups in total. The molecular weight excluding hydrogens is 300 g/mol. The monoisotopic (exact) mass is 318 g/mol. The van der Waals surface area contributed by atoms with E-state index in [1.54, 1.807) is 12.4 Å². The largest absolute Gasteiger partial charge is 0.354 e. The Hall–Kier alpha value is -2.08. The summed E-state index contributed by atoms with van der Waals surface area (Å²) < 4.78 is 0. The standard InChI is InChI=1S/C15H19ClN6/c1-2-17-15-18-6-5-14(20-15)22-9-7-21(8-10-22)13-4-3-12(16)11-19-13/h3-6,11H,2,7-10H2,1H3,(H,17,18,20). The Kier molecular flexibility index (Phi) is 4.58. The van der Waals surface area contributed by atoms with Crippen molar-refractivity contribution in [1.29, 1.82) is 0 Å². The van der Waals surface area contributed by atoms with Gasteiger partial charge in [0.25, 0.3) is 0 Å². The van der Waals surface area contributed by atoms with Crippen molar-refractivity contribution >= 4 is 29.2 Å². The minimum absolute atomic E-state index is 0.666. The van der Waals surface area contributed by atoms with Crippen LogP contribution in [0.5, 0.6) is 0 Å². The van der Waals surface area contributed by atoms with E-state index in [2.05, 4.69) is 30.1 Å². The number of nitrogens with zero attached hydrogens (tertiary/aromatic N) is 5. The van der Waals surface area contributed by atoms with E-state index in [9.17, 15) is 0 Å². The van der Waals surface area contributed by atoms with E-state index in [4.69, 9.17) is 11.6 Å². The fourth-order valence-corrected chi connectivity index (χ4v) is 2.60. The lowest BCUT2D eigenvalue weighted by molar-refractivity contribution is 0.641. The maximum atomic E-state index is 5.88. The number of hydrogen-bond donors (Lipinski definition) is 1. The number of rotatable bonds is 4. The van der Waals surface area contributed by atoms with Crippen LogP contribution in [0.15, 0.2) is 30.6 Å². The van der Waals surface area contributed by atoms with Crippen LogP contribution in [-0.2, 0) is 0 Å². The van der Waals surface area contributed by atoms with E-state index in [0.717, 1.165) is 44.4 Å². The number of hydrogen-bond acceptors (Lipinski definition) is 6. The first-order valence-corrected chi connectivity index (χ1v) is 7.82. The fraction of sp³-hybridized carbons (Fsp3) is 0.400. The summed E-state index contributed by atoms with van der Waals surface area (Å²) in [7, 11) is 0. The summed E-state index contributed by atoms with van der Waals surface area (Å²) in [6.07, 6.45) is 3.49. The Balaban J connectivity index is 1.64. The molecule has 0 saturated carbocycles. The third-order valence-corrected chi connectivity index (χ3v) is 3.84. The van der Waals surface area contributed by atoms with E-state index < -0.39 is 0 Å². The topological polar surface area (TPSA) is 57.2 Å². The van der Waals surface area contributed by atoms with Crippen LogP contribution in [0.2, 0.25) is 5.02 Å². The van der Waals surface area contributed by atoms with Gasteiger partial charge >= 0.3 is 0 Å².